The molecule has 1 aromatic rings. The molecule has 0 atom stereocenters. The Morgan fingerprint density at radius 1 is 1.29 bits per heavy atom. The third kappa shape index (κ3) is 4.60. The number of aromatic nitrogens is 1. The van der Waals surface area contributed by atoms with E-state index in [1.54, 1.807) is 6.92 Å². The highest BCUT2D eigenvalue weighted by Crippen LogP contribution is 2.39. The largest absolute Gasteiger partial charge is 0.494 e. The van der Waals surface area contributed by atoms with Crippen LogP contribution in [0.4, 0.5) is 13.2 Å². The Bertz CT molecular complexity index is 598. The number of rotatable bonds is 7. The van der Waals surface area contributed by atoms with E-state index in [1.165, 1.54) is 6.07 Å². The number of ether oxygens (including phenoxy) is 1. The van der Waals surface area contributed by atoms with Gasteiger partial charge < -0.3 is 9.16 Å². The van der Waals surface area contributed by atoms with Gasteiger partial charge in [-0.25, -0.2) is 4.39 Å². The number of alkyl halides is 2. The van der Waals surface area contributed by atoms with E-state index < -0.39 is 32.4 Å². The molecule has 7 heteroatoms. The minimum Gasteiger partial charge on any atom is -0.494 e. The second kappa shape index (κ2) is 7.27. The Labute approximate surface area is 143 Å². The minimum atomic E-state index is -3.54. The van der Waals surface area contributed by atoms with Crippen LogP contribution in [-0.2, 0) is 15.1 Å². The van der Waals surface area contributed by atoms with Gasteiger partial charge in [-0.2, -0.15) is 8.78 Å². The molecule has 0 N–H and O–H groups in total. The standard InChI is InChI=1S/C17H26F3NO2Si/c1-8-22-12(2)13-9-10-21-15(14(13)18)17(19,20)11-23-24(6,7)16(3,4)5/h9-10H,2,8,11H2,1,3-7H3. The van der Waals surface area contributed by atoms with E-state index in [0.29, 0.717) is 0 Å². The predicted molar refractivity (Wildman–Crippen MR) is 91.9 cm³/mol. The Morgan fingerprint density at radius 2 is 1.88 bits per heavy atom. The summed E-state index contributed by atoms with van der Waals surface area (Å²) < 4.78 is 54.1. The fraction of sp³-hybridized carbons (Fsp3) is 0.588. The summed E-state index contributed by atoms with van der Waals surface area (Å²) >= 11 is 0. The first-order valence-corrected chi connectivity index (χ1v) is 10.7. The fourth-order valence-electron chi connectivity index (χ4n) is 1.72. The highest BCUT2D eigenvalue weighted by Gasteiger charge is 2.43. The molecule has 0 aliphatic carbocycles. The molecular weight excluding hydrogens is 335 g/mol. The Morgan fingerprint density at radius 3 is 2.38 bits per heavy atom. The van der Waals surface area contributed by atoms with Gasteiger partial charge in [-0.1, -0.05) is 27.4 Å². The molecule has 3 nitrogen and oxygen atoms in total. The minimum absolute atomic E-state index is 0.000218. The second-order valence-corrected chi connectivity index (χ2v) is 11.9. The van der Waals surface area contributed by atoms with E-state index >= 15 is 0 Å². The van der Waals surface area contributed by atoms with Crippen molar-refractivity contribution in [3.05, 3.63) is 35.9 Å². The van der Waals surface area contributed by atoms with Crippen molar-refractivity contribution in [2.45, 2.75) is 51.7 Å². The molecule has 24 heavy (non-hydrogen) atoms. The molecular formula is C17H26F3NO2Si. The van der Waals surface area contributed by atoms with Gasteiger partial charge in [0.2, 0.25) is 0 Å². The third-order valence-electron chi connectivity index (χ3n) is 4.28. The lowest BCUT2D eigenvalue weighted by molar-refractivity contribution is -0.0574. The monoisotopic (exact) mass is 361 g/mol. The van der Waals surface area contributed by atoms with Crippen molar-refractivity contribution in [1.82, 2.24) is 4.98 Å². The number of nitrogens with zero attached hydrogens (tertiary/aromatic N) is 1. The van der Waals surface area contributed by atoms with Gasteiger partial charge in [0.15, 0.2) is 14.1 Å². The first-order chi connectivity index (χ1) is 10.8. The van der Waals surface area contributed by atoms with E-state index in [0.717, 1.165) is 6.20 Å². The maximum Gasteiger partial charge on any atom is 0.314 e. The SMILES string of the molecule is C=C(OCC)c1ccnc(C(F)(F)CO[Si](C)(C)C(C)(C)C)c1F. The summed E-state index contributed by atoms with van der Waals surface area (Å²) in [5.74, 6) is -4.66. The average Bonchev–Trinajstić information content (AvgIpc) is 2.44. The van der Waals surface area contributed by atoms with Crippen molar-refractivity contribution < 1.29 is 22.3 Å². The zero-order chi connectivity index (χ0) is 18.8. The summed E-state index contributed by atoms with van der Waals surface area (Å²) in [6, 6.07) is 1.27. The maximum absolute atomic E-state index is 14.5. The number of halogens is 3. The highest BCUT2D eigenvalue weighted by atomic mass is 28.4. The Kier molecular flexibility index (Phi) is 6.27. The molecule has 0 aromatic carbocycles. The summed E-state index contributed by atoms with van der Waals surface area (Å²) in [6.45, 7) is 14.2. The summed E-state index contributed by atoms with van der Waals surface area (Å²) in [5.41, 5.74) is -1.06. The molecule has 0 saturated carbocycles. The lowest BCUT2D eigenvalue weighted by Crippen LogP contribution is -2.43. The highest BCUT2D eigenvalue weighted by molar-refractivity contribution is 6.74. The van der Waals surface area contributed by atoms with Crippen LogP contribution >= 0.6 is 0 Å². The quantitative estimate of drug-likeness (QED) is 0.485. The van der Waals surface area contributed by atoms with E-state index in [1.807, 2.05) is 33.9 Å². The van der Waals surface area contributed by atoms with Gasteiger partial charge in [0.1, 0.15) is 18.1 Å². The van der Waals surface area contributed by atoms with Gasteiger partial charge in [-0.15, -0.1) is 0 Å². The molecule has 0 radical (unpaired) electrons. The number of hydrogen-bond donors (Lipinski definition) is 0. The Hall–Kier alpha value is -1.34. The van der Waals surface area contributed by atoms with Crippen molar-refractivity contribution in [1.29, 1.82) is 0 Å². The summed E-state index contributed by atoms with van der Waals surface area (Å²) in [5, 5.41) is -0.222. The molecule has 0 amide bonds. The maximum atomic E-state index is 14.5. The number of hydrogen-bond acceptors (Lipinski definition) is 3. The molecule has 0 unspecified atom stereocenters. The fourth-order valence-corrected chi connectivity index (χ4v) is 2.70. The van der Waals surface area contributed by atoms with Gasteiger partial charge in [0.25, 0.3) is 0 Å². The zero-order valence-corrected chi connectivity index (χ0v) is 16.2. The molecule has 1 aromatic heterocycles. The van der Waals surface area contributed by atoms with Crippen LogP contribution < -0.4 is 0 Å². The normalized spacial score (nSPS) is 13.0. The van der Waals surface area contributed by atoms with Crippen molar-refractivity contribution >= 4 is 14.1 Å². The van der Waals surface area contributed by atoms with Crippen LogP contribution in [-0.4, -0.2) is 26.5 Å². The number of pyridine rings is 1. The van der Waals surface area contributed by atoms with Crippen LogP contribution in [0.25, 0.3) is 5.76 Å². The molecule has 0 fully saturated rings. The second-order valence-electron chi connectivity index (χ2n) is 7.13. The van der Waals surface area contributed by atoms with Gasteiger partial charge in [0, 0.05) is 6.20 Å². The molecule has 1 rings (SSSR count). The molecule has 0 aliphatic heterocycles. The Balaban J connectivity index is 3.07. The van der Waals surface area contributed by atoms with Crippen LogP contribution in [0.1, 0.15) is 39.0 Å². The molecule has 0 bridgehead atoms. The van der Waals surface area contributed by atoms with Crippen LogP contribution in [0.15, 0.2) is 18.8 Å². The van der Waals surface area contributed by atoms with Crippen molar-refractivity contribution in [2.75, 3.05) is 13.2 Å². The van der Waals surface area contributed by atoms with Crippen molar-refractivity contribution in [3.63, 3.8) is 0 Å². The van der Waals surface area contributed by atoms with Gasteiger partial charge in [-0.3, -0.25) is 4.98 Å². The summed E-state index contributed by atoms with van der Waals surface area (Å²) in [7, 11) is -2.39. The van der Waals surface area contributed by atoms with Crippen molar-refractivity contribution in [3.8, 4) is 0 Å². The zero-order valence-electron chi connectivity index (χ0n) is 15.2. The van der Waals surface area contributed by atoms with E-state index in [4.69, 9.17) is 9.16 Å². The lowest BCUT2D eigenvalue weighted by atomic mass is 10.1. The topological polar surface area (TPSA) is 31.4 Å². The van der Waals surface area contributed by atoms with Crippen LogP contribution in [0.2, 0.25) is 18.1 Å². The van der Waals surface area contributed by atoms with Gasteiger partial charge in [-0.05, 0) is 31.1 Å². The third-order valence-corrected chi connectivity index (χ3v) is 8.75. The van der Waals surface area contributed by atoms with Gasteiger partial charge in [0.05, 0.1) is 12.2 Å². The smallest absolute Gasteiger partial charge is 0.314 e. The van der Waals surface area contributed by atoms with E-state index in [-0.39, 0.29) is 23.0 Å². The molecule has 0 aliphatic rings. The summed E-state index contributed by atoms with van der Waals surface area (Å²) in [6.07, 6.45) is 1.12. The average molecular weight is 361 g/mol. The molecule has 0 saturated heterocycles. The van der Waals surface area contributed by atoms with E-state index in [2.05, 4.69) is 11.6 Å². The summed E-state index contributed by atoms with van der Waals surface area (Å²) in [4.78, 5) is 3.53. The van der Waals surface area contributed by atoms with Crippen LogP contribution in [0, 0.1) is 5.82 Å². The molecule has 0 spiro atoms. The lowest BCUT2D eigenvalue weighted by Gasteiger charge is -2.37. The molecule has 1 heterocycles. The first-order valence-electron chi connectivity index (χ1n) is 7.82. The van der Waals surface area contributed by atoms with Gasteiger partial charge >= 0.3 is 5.92 Å². The molecule has 136 valence electrons. The first kappa shape index (κ1) is 20.7. The van der Waals surface area contributed by atoms with Crippen LogP contribution in [0.5, 0.6) is 0 Å². The van der Waals surface area contributed by atoms with E-state index in [9.17, 15) is 13.2 Å². The van der Waals surface area contributed by atoms with Crippen LogP contribution in [0.3, 0.4) is 0 Å². The predicted octanol–water partition coefficient (Wildman–Crippen LogP) is 5.34. The van der Waals surface area contributed by atoms with Crippen molar-refractivity contribution in [2.24, 2.45) is 0 Å².